The Morgan fingerprint density at radius 3 is 3.07 bits per heavy atom. The van der Waals surface area contributed by atoms with Crippen LogP contribution in [0.1, 0.15) is 19.8 Å². The maximum atomic E-state index is 12.2. The van der Waals surface area contributed by atoms with Crippen LogP contribution in [-0.4, -0.2) is 49.7 Å². The molecule has 0 saturated carbocycles. The second-order valence-electron chi connectivity index (χ2n) is 4.50. The lowest BCUT2D eigenvalue weighted by Gasteiger charge is -2.36. The zero-order chi connectivity index (χ0) is 10.7. The Labute approximate surface area is 91.0 Å². The number of carbonyl (C=O) groups excluding carboxylic acids is 1. The van der Waals surface area contributed by atoms with E-state index in [0.717, 1.165) is 32.5 Å². The quantitative estimate of drug-likeness (QED) is 0.676. The summed E-state index contributed by atoms with van der Waals surface area (Å²) in [5, 5.41) is 3.29. The van der Waals surface area contributed by atoms with E-state index in [-0.39, 0.29) is 12.0 Å². The fraction of sp³-hybridized carbons (Fsp3) is 0.909. The summed E-state index contributed by atoms with van der Waals surface area (Å²) in [6, 6.07) is 0.244. The van der Waals surface area contributed by atoms with Gasteiger partial charge in [-0.25, -0.2) is 0 Å². The predicted molar refractivity (Wildman–Crippen MR) is 57.6 cm³/mol. The molecule has 86 valence electrons. The van der Waals surface area contributed by atoms with Crippen molar-refractivity contribution in [3.63, 3.8) is 0 Å². The molecule has 2 aliphatic rings. The second kappa shape index (κ2) is 4.94. The molecule has 1 N–H and O–H groups in total. The number of carbonyl (C=O) groups is 1. The standard InChI is InChI=1S/C11H20N2O2/c1-9-8-15-6-5-13(9)11(14)10-3-2-4-12-7-10/h9-10,12H,2-8H2,1H3/t9-,10+/m1/s1. The van der Waals surface area contributed by atoms with Gasteiger partial charge in [0.2, 0.25) is 5.91 Å². The highest BCUT2D eigenvalue weighted by Crippen LogP contribution is 2.16. The molecule has 4 nitrogen and oxygen atoms in total. The Hall–Kier alpha value is -0.610. The first-order valence-electron chi connectivity index (χ1n) is 5.88. The molecule has 2 saturated heterocycles. The number of hydrogen-bond acceptors (Lipinski definition) is 3. The molecule has 4 heteroatoms. The third-order valence-electron chi connectivity index (χ3n) is 3.30. The number of morpholine rings is 1. The number of nitrogens with zero attached hydrogens (tertiary/aromatic N) is 1. The topological polar surface area (TPSA) is 41.6 Å². The molecule has 0 radical (unpaired) electrons. The normalized spacial score (nSPS) is 32.7. The van der Waals surface area contributed by atoms with E-state index >= 15 is 0 Å². The van der Waals surface area contributed by atoms with Crippen molar-refractivity contribution in [2.45, 2.75) is 25.8 Å². The fourth-order valence-electron chi connectivity index (χ4n) is 2.35. The summed E-state index contributed by atoms with van der Waals surface area (Å²) in [5.74, 6) is 0.511. The zero-order valence-electron chi connectivity index (χ0n) is 9.37. The van der Waals surface area contributed by atoms with E-state index in [4.69, 9.17) is 4.74 Å². The van der Waals surface area contributed by atoms with Crippen molar-refractivity contribution in [1.29, 1.82) is 0 Å². The van der Waals surface area contributed by atoms with Gasteiger partial charge in [-0.2, -0.15) is 0 Å². The van der Waals surface area contributed by atoms with Gasteiger partial charge in [0.05, 0.1) is 25.2 Å². The number of piperidine rings is 1. The lowest BCUT2D eigenvalue weighted by atomic mass is 9.97. The molecule has 2 heterocycles. The Morgan fingerprint density at radius 1 is 1.53 bits per heavy atom. The third kappa shape index (κ3) is 2.49. The maximum absolute atomic E-state index is 12.2. The fourth-order valence-corrected chi connectivity index (χ4v) is 2.35. The van der Waals surface area contributed by atoms with Crippen molar-refractivity contribution in [2.75, 3.05) is 32.8 Å². The van der Waals surface area contributed by atoms with Gasteiger partial charge in [-0.1, -0.05) is 0 Å². The molecule has 0 aromatic heterocycles. The van der Waals surface area contributed by atoms with E-state index in [2.05, 4.69) is 12.2 Å². The Balaban J connectivity index is 1.92. The average molecular weight is 212 g/mol. The van der Waals surface area contributed by atoms with E-state index in [1.54, 1.807) is 0 Å². The summed E-state index contributed by atoms with van der Waals surface area (Å²) in [6.45, 7) is 6.11. The molecule has 2 atom stereocenters. The zero-order valence-corrected chi connectivity index (χ0v) is 9.37. The number of hydrogen-bond donors (Lipinski definition) is 1. The SMILES string of the molecule is C[C@@H]1COCCN1C(=O)[C@H]1CCCNC1. The van der Waals surface area contributed by atoms with Crippen LogP contribution in [0.25, 0.3) is 0 Å². The van der Waals surface area contributed by atoms with E-state index in [0.29, 0.717) is 19.1 Å². The molecule has 0 unspecified atom stereocenters. The van der Waals surface area contributed by atoms with Crippen LogP contribution >= 0.6 is 0 Å². The molecule has 0 aliphatic carbocycles. The van der Waals surface area contributed by atoms with Crippen molar-refractivity contribution in [3.8, 4) is 0 Å². The highest BCUT2D eigenvalue weighted by molar-refractivity contribution is 5.79. The Kier molecular flexibility index (Phi) is 3.59. The van der Waals surface area contributed by atoms with E-state index in [9.17, 15) is 4.79 Å². The lowest BCUT2D eigenvalue weighted by molar-refractivity contribution is -0.144. The number of amides is 1. The van der Waals surface area contributed by atoms with Crippen molar-refractivity contribution in [3.05, 3.63) is 0 Å². The molecule has 1 amide bonds. The molecule has 2 aliphatic heterocycles. The van der Waals surface area contributed by atoms with Crippen molar-refractivity contribution in [2.24, 2.45) is 5.92 Å². The molecule has 0 aromatic rings. The minimum atomic E-state index is 0.194. The Bertz CT molecular complexity index is 227. The molecule has 15 heavy (non-hydrogen) atoms. The molecular weight excluding hydrogens is 192 g/mol. The third-order valence-corrected chi connectivity index (χ3v) is 3.30. The lowest BCUT2D eigenvalue weighted by Crippen LogP contribution is -2.51. The van der Waals surface area contributed by atoms with Gasteiger partial charge in [0.15, 0.2) is 0 Å². The van der Waals surface area contributed by atoms with Crippen molar-refractivity contribution < 1.29 is 9.53 Å². The van der Waals surface area contributed by atoms with Crippen LogP contribution in [0.3, 0.4) is 0 Å². The highest BCUT2D eigenvalue weighted by atomic mass is 16.5. The van der Waals surface area contributed by atoms with Crippen LogP contribution in [0.2, 0.25) is 0 Å². The van der Waals surface area contributed by atoms with Gasteiger partial charge in [0.1, 0.15) is 0 Å². The molecule has 0 bridgehead atoms. The van der Waals surface area contributed by atoms with Gasteiger partial charge in [-0.05, 0) is 26.3 Å². The first-order valence-corrected chi connectivity index (χ1v) is 5.88. The smallest absolute Gasteiger partial charge is 0.227 e. The predicted octanol–water partition coefficient (Wildman–Crippen LogP) is 0.233. The minimum Gasteiger partial charge on any atom is -0.377 e. The van der Waals surface area contributed by atoms with Crippen LogP contribution < -0.4 is 5.32 Å². The first-order chi connectivity index (χ1) is 7.29. The van der Waals surface area contributed by atoms with Gasteiger partial charge in [-0.15, -0.1) is 0 Å². The van der Waals surface area contributed by atoms with Gasteiger partial charge < -0.3 is 15.0 Å². The monoisotopic (exact) mass is 212 g/mol. The van der Waals surface area contributed by atoms with E-state index in [1.807, 2.05) is 4.90 Å². The minimum absolute atomic E-state index is 0.194. The molecular formula is C11H20N2O2. The average Bonchev–Trinajstić information content (AvgIpc) is 2.30. The van der Waals surface area contributed by atoms with Gasteiger partial charge >= 0.3 is 0 Å². The largest absolute Gasteiger partial charge is 0.377 e. The molecule has 0 aromatic carbocycles. The molecule has 2 fully saturated rings. The number of ether oxygens (including phenoxy) is 1. The van der Waals surface area contributed by atoms with Crippen molar-refractivity contribution >= 4 is 5.91 Å². The summed E-state index contributed by atoms with van der Waals surface area (Å²) < 4.78 is 5.34. The first kappa shape index (κ1) is 10.9. The summed E-state index contributed by atoms with van der Waals surface area (Å²) in [5.41, 5.74) is 0. The van der Waals surface area contributed by atoms with Crippen LogP contribution in [0.5, 0.6) is 0 Å². The molecule has 0 spiro atoms. The summed E-state index contributed by atoms with van der Waals surface area (Å²) in [6.07, 6.45) is 2.16. The van der Waals surface area contributed by atoms with E-state index in [1.165, 1.54) is 0 Å². The maximum Gasteiger partial charge on any atom is 0.227 e. The highest BCUT2D eigenvalue weighted by Gasteiger charge is 2.30. The van der Waals surface area contributed by atoms with Crippen LogP contribution in [0.15, 0.2) is 0 Å². The van der Waals surface area contributed by atoms with Gasteiger partial charge in [0.25, 0.3) is 0 Å². The Morgan fingerprint density at radius 2 is 2.40 bits per heavy atom. The van der Waals surface area contributed by atoms with Crippen LogP contribution in [-0.2, 0) is 9.53 Å². The second-order valence-corrected chi connectivity index (χ2v) is 4.50. The number of rotatable bonds is 1. The van der Waals surface area contributed by atoms with Crippen molar-refractivity contribution in [1.82, 2.24) is 10.2 Å². The van der Waals surface area contributed by atoms with Gasteiger partial charge in [-0.3, -0.25) is 4.79 Å². The van der Waals surface area contributed by atoms with Crippen LogP contribution in [0, 0.1) is 5.92 Å². The molecule has 2 rings (SSSR count). The summed E-state index contributed by atoms with van der Waals surface area (Å²) >= 11 is 0. The van der Waals surface area contributed by atoms with Gasteiger partial charge in [0, 0.05) is 13.1 Å². The van der Waals surface area contributed by atoms with E-state index < -0.39 is 0 Å². The summed E-state index contributed by atoms with van der Waals surface area (Å²) in [4.78, 5) is 14.2. The van der Waals surface area contributed by atoms with Crippen LogP contribution in [0.4, 0.5) is 0 Å². The summed E-state index contributed by atoms with van der Waals surface area (Å²) in [7, 11) is 0. The number of nitrogens with one attached hydrogen (secondary N) is 1.